The molecule has 2 rings (SSSR count). The van der Waals surface area contributed by atoms with Gasteiger partial charge in [-0.3, -0.25) is 0 Å². The topological polar surface area (TPSA) is 55.5 Å². The average molecular weight is 338 g/mol. The van der Waals surface area contributed by atoms with Gasteiger partial charge < -0.3 is 15.6 Å². The highest BCUT2D eigenvalue weighted by molar-refractivity contribution is 9.10. The maximum absolute atomic E-state index is 9.10. The highest BCUT2D eigenvalue weighted by Gasteiger charge is 2.08. The number of aliphatic hydroxyl groups is 1. The highest BCUT2D eigenvalue weighted by atomic mass is 79.9. The number of halogens is 1. The number of hydrogen-bond donors (Lipinski definition) is 2. The number of ether oxygens (including phenoxy) is 1. The van der Waals surface area contributed by atoms with Crippen molar-refractivity contribution in [3.8, 4) is 11.5 Å². The molecule has 0 saturated heterocycles. The van der Waals surface area contributed by atoms with Crippen LogP contribution in [0.15, 0.2) is 46.9 Å². The number of nitrogens with two attached hydrogens (primary N) is 1. The minimum atomic E-state index is -0.0281. The summed E-state index contributed by atoms with van der Waals surface area (Å²) in [5.74, 6) is 1.22. The molecule has 0 amide bonds. The lowest BCUT2D eigenvalue weighted by molar-refractivity contribution is 0.281. The van der Waals surface area contributed by atoms with Crippen molar-refractivity contribution in [2.24, 2.45) is 5.73 Å². The van der Waals surface area contributed by atoms with Crippen LogP contribution in [0.2, 0.25) is 0 Å². The third-order valence-electron chi connectivity index (χ3n) is 2.52. The molecule has 0 spiro atoms. The smallest absolute Gasteiger partial charge is 0.137 e. The molecule has 0 unspecified atom stereocenters. The van der Waals surface area contributed by atoms with Gasteiger partial charge in [-0.05, 0) is 35.9 Å². The van der Waals surface area contributed by atoms with Crippen LogP contribution in [0.1, 0.15) is 11.1 Å². The average Bonchev–Trinajstić information content (AvgIpc) is 2.41. The third kappa shape index (κ3) is 3.53. The predicted molar refractivity (Wildman–Crippen MR) is 82.5 cm³/mol. The first-order valence-electron chi connectivity index (χ1n) is 5.57. The zero-order chi connectivity index (χ0) is 13.8. The van der Waals surface area contributed by atoms with E-state index in [9.17, 15) is 0 Å². The van der Waals surface area contributed by atoms with Crippen molar-refractivity contribution < 1.29 is 9.84 Å². The van der Waals surface area contributed by atoms with E-state index in [4.69, 9.17) is 27.8 Å². The Morgan fingerprint density at radius 1 is 1.26 bits per heavy atom. The van der Waals surface area contributed by atoms with E-state index >= 15 is 0 Å². The molecule has 3 N–H and O–H groups in total. The van der Waals surface area contributed by atoms with E-state index in [0.717, 1.165) is 10.0 Å². The van der Waals surface area contributed by atoms with Gasteiger partial charge in [-0.1, -0.05) is 40.3 Å². The summed E-state index contributed by atoms with van der Waals surface area (Å²) in [5, 5.41) is 9.10. The van der Waals surface area contributed by atoms with Crippen LogP contribution in [0.25, 0.3) is 0 Å². The monoisotopic (exact) mass is 337 g/mol. The van der Waals surface area contributed by atoms with Crippen LogP contribution < -0.4 is 10.5 Å². The first-order valence-corrected chi connectivity index (χ1v) is 6.77. The van der Waals surface area contributed by atoms with Gasteiger partial charge in [0.1, 0.15) is 16.5 Å². The fraction of sp³-hybridized carbons (Fsp3) is 0.0714. The van der Waals surface area contributed by atoms with Gasteiger partial charge in [0, 0.05) is 4.47 Å². The zero-order valence-corrected chi connectivity index (χ0v) is 12.4. The van der Waals surface area contributed by atoms with Gasteiger partial charge in [0.05, 0.1) is 12.2 Å². The Morgan fingerprint density at radius 2 is 2.05 bits per heavy atom. The van der Waals surface area contributed by atoms with Crippen LogP contribution in [-0.4, -0.2) is 10.1 Å². The SMILES string of the molecule is NC(=S)c1cc(Br)ccc1Oc1cccc(CO)c1. The van der Waals surface area contributed by atoms with Crippen LogP contribution >= 0.6 is 28.1 Å². The summed E-state index contributed by atoms with van der Waals surface area (Å²) in [4.78, 5) is 0.273. The molecule has 0 aromatic heterocycles. The number of aliphatic hydroxyl groups excluding tert-OH is 1. The molecule has 0 bridgehead atoms. The molecular weight excluding hydrogens is 326 g/mol. The van der Waals surface area contributed by atoms with Gasteiger partial charge in [0.2, 0.25) is 0 Å². The summed E-state index contributed by atoms with van der Waals surface area (Å²) in [6, 6.07) is 12.7. The molecule has 0 aliphatic rings. The Kier molecular flexibility index (Phi) is 4.52. The molecule has 0 heterocycles. The Bertz CT molecular complexity index is 616. The second kappa shape index (κ2) is 6.14. The molecule has 0 aliphatic carbocycles. The van der Waals surface area contributed by atoms with Gasteiger partial charge in [-0.25, -0.2) is 0 Å². The highest BCUT2D eigenvalue weighted by Crippen LogP contribution is 2.28. The van der Waals surface area contributed by atoms with E-state index < -0.39 is 0 Å². The molecule has 3 nitrogen and oxygen atoms in total. The fourth-order valence-electron chi connectivity index (χ4n) is 1.62. The third-order valence-corrected chi connectivity index (χ3v) is 3.23. The second-order valence-electron chi connectivity index (χ2n) is 3.91. The normalized spacial score (nSPS) is 10.2. The lowest BCUT2D eigenvalue weighted by Crippen LogP contribution is -2.10. The van der Waals surface area contributed by atoms with Crippen molar-refractivity contribution in [1.82, 2.24) is 0 Å². The van der Waals surface area contributed by atoms with E-state index in [0.29, 0.717) is 17.1 Å². The lowest BCUT2D eigenvalue weighted by Gasteiger charge is -2.11. The van der Waals surface area contributed by atoms with Crippen LogP contribution in [0.3, 0.4) is 0 Å². The van der Waals surface area contributed by atoms with Gasteiger partial charge in [-0.15, -0.1) is 0 Å². The molecule has 19 heavy (non-hydrogen) atoms. The Hall–Kier alpha value is -1.43. The van der Waals surface area contributed by atoms with Crippen molar-refractivity contribution in [3.05, 3.63) is 58.1 Å². The van der Waals surface area contributed by atoms with Crippen molar-refractivity contribution >= 4 is 33.1 Å². The zero-order valence-electron chi connectivity index (χ0n) is 9.97. The first kappa shape index (κ1) is 14.0. The van der Waals surface area contributed by atoms with Crippen LogP contribution in [0.5, 0.6) is 11.5 Å². The maximum Gasteiger partial charge on any atom is 0.137 e. The van der Waals surface area contributed by atoms with E-state index in [1.807, 2.05) is 30.3 Å². The van der Waals surface area contributed by atoms with Crippen LogP contribution in [-0.2, 0) is 6.61 Å². The molecule has 0 aliphatic heterocycles. The van der Waals surface area contributed by atoms with Crippen molar-refractivity contribution in [2.75, 3.05) is 0 Å². The lowest BCUT2D eigenvalue weighted by atomic mass is 10.2. The summed E-state index contributed by atoms with van der Waals surface area (Å²) in [5.41, 5.74) is 7.13. The molecule has 2 aromatic rings. The summed E-state index contributed by atoms with van der Waals surface area (Å²) in [6.07, 6.45) is 0. The van der Waals surface area contributed by atoms with Crippen molar-refractivity contribution in [1.29, 1.82) is 0 Å². The van der Waals surface area contributed by atoms with Gasteiger partial charge in [0.25, 0.3) is 0 Å². The molecule has 0 radical (unpaired) electrons. The standard InChI is InChI=1S/C14H12BrNO2S/c15-10-4-5-13(12(7-10)14(16)19)18-11-3-1-2-9(6-11)8-17/h1-7,17H,8H2,(H2,16,19). The summed E-state index contributed by atoms with van der Waals surface area (Å²) >= 11 is 8.38. The molecule has 2 aromatic carbocycles. The fourth-order valence-corrected chi connectivity index (χ4v) is 2.14. The number of thiocarbonyl (C=S) groups is 1. The molecule has 98 valence electrons. The predicted octanol–water partition coefficient (Wildman–Crippen LogP) is 3.37. The molecule has 5 heteroatoms. The molecule has 0 saturated carbocycles. The molecular formula is C14H12BrNO2S. The minimum Gasteiger partial charge on any atom is -0.457 e. The summed E-state index contributed by atoms with van der Waals surface area (Å²) < 4.78 is 6.65. The number of benzene rings is 2. The Morgan fingerprint density at radius 3 is 2.74 bits per heavy atom. The largest absolute Gasteiger partial charge is 0.457 e. The second-order valence-corrected chi connectivity index (χ2v) is 5.27. The first-order chi connectivity index (χ1) is 9.10. The summed E-state index contributed by atoms with van der Waals surface area (Å²) in [7, 11) is 0. The molecule has 0 atom stereocenters. The van der Waals surface area contributed by atoms with E-state index in [1.165, 1.54) is 0 Å². The number of rotatable bonds is 4. The van der Waals surface area contributed by atoms with Gasteiger partial charge in [0.15, 0.2) is 0 Å². The molecule has 0 fully saturated rings. The quantitative estimate of drug-likeness (QED) is 0.840. The van der Waals surface area contributed by atoms with E-state index in [2.05, 4.69) is 15.9 Å². The number of hydrogen-bond acceptors (Lipinski definition) is 3. The summed E-state index contributed by atoms with van der Waals surface area (Å²) in [6.45, 7) is -0.0281. The maximum atomic E-state index is 9.10. The van der Waals surface area contributed by atoms with Gasteiger partial charge >= 0.3 is 0 Å². The van der Waals surface area contributed by atoms with Crippen LogP contribution in [0, 0.1) is 0 Å². The van der Waals surface area contributed by atoms with Gasteiger partial charge in [-0.2, -0.15) is 0 Å². The van der Waals surface area contributed by atoms with E-state index in [1.54, 1.807) is 12.1 Å². The van der Waals surface area contributed by atoms with Crippen LogP contribution in [0.4, 0.5) is 0 Å². The Labute approximate surface area is 125 Å². The minimum absolute atomic E-state index is 0.0281. The van der Waals surface area contributed by atoms with E-state index in [-0.39, 0.29) is 11.6 Å². The van der Waals surface area contributed by atoms with Crippen molar-refractivity contribution in [2.45, 2.75) is 6.61 Å². The van der Waals surface area contributed by atoms with Crippen molar-refractivity contribution in [3.63, 3.8) is 0 Å². The Balaban J connectivity index is 2.34.